The van der Waals surface area contributed by atoms with E-state index in [2.05, 4.69) is 12.1 Å². The van der Waals surface area contributed by atoms with Gasteiger partial charge in [0.1, 0.15) is 5.60 Å². The summed E-state index contributed by atoms with van der Waals surface area (Å²) in [6.07, 6.45) is 3.43. The van der Waals surface area contributed by atoms with E-state index in [1.807, 2.05) is 48.8 Å². The van der Waals surface area contributed by atoms with Gasteiger partial charge in [0.2, 0.25) is 5.91 Å². The van der Waals surface area contributed by atoms with E-state index in [9.17, 15) is 14.4 Å². The maximum Gasteiger partial charge on any atom is 0.410 e. The molecule has 1 heterocycles. The van der Waals surface area contributed by atoms with Gasteiger partial charge in [0.25, 0.3) is 0 Å². The Hall–Kier alpha value is -3.35. The average molecular weight is 507 g/mol. The number of likely N-dealkylation sites (tertiary alicyclic amines) is 1. The highest BCUT2D eigenvalue weighted by atomic mass is 16.6. The number of carbonyl (C=O) groups excluding carboxylic acids is 2. The molecule has 1 N–H and O–H groups in total. The number of rotatable bonds is 8. The number of nitrogens with zero attached hydrogens (tertiary/aromatic N) is 2. The number of carboxylic acid groups (broad SMARTS) is 1. The smallest absolute Gasteiger partial charge is 0.410 e. The van der Waals surface area contributed by atoms with Crippen LogP contribution in [0.4, 0.5) is 4.79 Å². The van der Waals surface area contributed by atoms with Crippen LogP contribution < -0.4 is 0 Å². The van der Waals surface area contributed by atoms with Crippen LogP contribution in [0.15, 0.2) is 54.6 Å². The Morgan fingerprint density at radius 2 is 1.65 bits per heavy atom. The van der Waals surface area contributed by atoms with Crippen LogP contribution in [-0.2, 0) is 16.0 Å². The van der Waals surface area contributed by atoms with Gasteiger partial charge in [-0.25, -0.2) is 9.59 Å². The molecular formula is C30H38N2O5. The second-order valence-electron chi connectivity index (χ2n) is 11.3. The van der Waals surface area contributed by atoms with E-state index >= 15 is 0 Å². The van der Waals surface area contributed by atoms with Crippen molar-refractivity contribution in [2.24, 2.45) is 5.92 Å². The Labute approximate surface area is 219 Å². The van der Waals surface area contributed by atoms with Gasteiger partial charge in [-0.1, -0.05) is 42.5 Å². The van der Waals surface area contributed by atoms with Crippen LogP contribution >= 0.6 is 0 Å². The molecule has 2 amide bonds. The minimum Gasteiger partial charge on any atom is -0.478 e. The van der Waals surface area contributed by atoms with Crippen molar-refractivity contribution in [2.75, 3.05) is 19.6 Å². The molecule has 0 spiro atoms. The van der Waals surface area contributed by atoms with Crippen LogP contribution in [0.2, 0.25) is 0 Å². The minimum absolute atomic E-state index is 0.121. The maximum atomic E-state index is 13.1. The summed E-state index contributed by atoms with van der Waals surface area (Å²) >= 11 is 0. The highest BCUT2D eigenvalue weighted by Crippen LogP contribution is 2.45. The minimum atomic E-state index is -0.951. The van der Waals surface area contributed by atoms with Gasteiger partial charge in [-0.3, -0.25) is 4.79 Å². The molecule has 2 aromatic carbocycles. The summed E-state index contributed by atoms with van der Waals surface area (Å²) in [5.74, 6) is -0.152. The molecular weight excluding hydrogens is 468 g/mol. The average Bonchev–Trinajstić information content (AvgIpc) is 3.66. The van der Waals surface area contributed by atoms with E-state index in [1.54, 1.807) is 24.3 Å². The third-order valence-corrected chi connectivity index (χ3v) is 7.26. The summed E-state index contributed by atoms with van der Waals surface area (Å²) in [5.41, 5.74) is 1.92. The lowest BCUT2D eigenvalue weighted by atomic mass is 9.95. The topological polar surface area (TPSA) is 87.2 Å². The zero-order chi connectivity index (χ0) is 26.6. The fraction of sp³-hybridized carbons (Fsp3) is 0.500. The molecule has 2 fully saturated rings. The lowest BCUT2D eigenvalue weighted by Gasteiger charge is -2.36. The molecule has 37 heavy (non-hydrogen) atoms. The zero-order valence-electron chi connectivity index (χ0n) is 22.1. The Morgan fingerprint density at radius 3 is 2.24 bits per heavy atom. The third kappa shape index (κ3) is 7.34. The quantitative estimate of drug-likeness (QED) is 0.522. The van der Waals surface area contributed by atoms with Crippen molar-refractivity contribution < 1.29 is 24.2 Å². The fourth-order valence-electron chi connectivity index (χ4n) is 5.12. The molecule has 0 aromatic heterocycles. The lowest BCUT2D eigenvalue weighted by molar-refractivity contribution is -0.132. The summed E-state index contributed by atoms with van der Waals surface area (Å²) in [5, 5.41) is 9.03. The number of hydrogen-bond acceptors (Lipinski definition) is 4. The number of carboxylic acids is 1. The summed E-state index contributed by atoms with van der Waals surface area (Å²) in [4.78, 5) is 40.8. The van der Waals surface area contributed by atoms with Crippen molar-refractivity contribution in [3.63, 3.8) is 0 Å². The molecule has 1 aliphatic heterocycles. The monoisotopic (exact) mass is 506 g/mol. The number of benzene rings is 2. The van der Waals surface area contributed by atoms with Crippen molar-refractivity contribution in [3.8, 4) is 0 Å². The molecule has 1 saturated heterocycles. The molecule has 2 atom stereocenters. The van der Waals surface area contributed by atoms with Crippen molar-refractivity contribution in [3.05, 3.63) is 71.3 Å². The highest BCUT2D eigenvalue weighted by molar-refractivity contribution is 5.87. The first-order valence-electron chi connectivity index (χ1n) is 13.3. The molecule has 198 valence electrons. The van der Waals surface area contributed by atoms with E-state index in [0.717, 1.165) is 24.8 Å². The summed E-state index contributed by atoms with van der Waals surface area (Å²) < 4.78 is 5.77. The zero-order valence-corrected chi connectivity index (χ0v) is 22.1. The van der Waals surface area contributed by atoms with Crippen LogP contribution in [0.3, 0.4) is 0 Å². The number of hydrogen-bond donors (Lipinski definition) is 1. The van der Waals surface area contributed by atoms with E-state index in [1.165, 1.54) is 5.56 Å². The van der Waals surface area contributed by atoms with Gasteiger partial charge < -0.3 is 19.6 Å². The van der Waals surface area contributed by atoms with E-state index in [4.69, 9.17) is 9.84 Å². The molecule has 7 heteroatoms. The molecule has 7 nitrogen and oxygen atoms in total. The lowest BCUT2D eigenvalue weighted by Crippen LogP contribution is -2.45. The maximum absolute atomic E-state index is 13.1. The first kappa shape index (κ1) is 26.7. The van der Waals surface area contributed by atoms with Crippen LogP contribution in [0, 0.1) is 5.92 Å². The highest BCUT2D eigenvalue weighted by Gasteiger charge is 2.46. The molecule has 2 aliphatic rings. The second kappa shape index (κ2) is 11.4. The Kier molecular flexibility index (Phi) is 8.20. The van der Waals surface area contributed by atoms with Crippen LogP contribution in [-0.4, -0.2) is 64.2 Å². The number of aryl methyl sites for hydroxylation is 1. The predicted octanol–water partition coefficient (Wildman–Crippen LogP) is 5.35. The number of aromatic carboxylic acids is 1. The van der Waals surface area contributed by atoms with Gasteiger partial charge >= 0.3 is 12.1 Å². The van der Waals surface area contributed by atoms with Gasteiger partial charge in [-0.15, -0.1) is 0 Å². The van der Waals surface area contributed by atoms with Crippen molar-refractivity contribution in [2.45, 2.75) is 70.4 Å². The predicted molar refractivity (Wildman–Crippen MR) is 142 cm³/mol. The Morgan fingerprint density at radius 1 is 1.00 bits per heavy atom. The summed E-state index contributed by atoms with van der Waals surface area (Å²) in [7, 11) is 0. The van der Waals surface area contributed by atoms with Crippen LogP contribution in [0.5, 0.6) is 0 Å². The number of carbonyl (C=O) groups is 3. The SMILES string of the molecule is CC(C)(C)OC(=O)N(CC1CCN(C(=O)CCc2ccc(C(=O)O)cc2)CC1)C1CC1c1ccccc1. The summed E-state index contributed by atoms with van der Waals surface area (Å²) in [6, 6.07) is 17.2. The third-order valence-electron chi connectivity index (χ3n) is 7.26. The molecule has 2 aromatic rings. The molecule has 0 radical (unpaired) electrons. The molecule has 4 rings (SSSR count). The fourth-order valence-corrected chi connectivity index (χ4v) is 5.12. The number of piperidine rings is 1. The van der Waals surface area contributed by atoms with E-state index in [0.29, 0.717) is 44.3 Å². The van der Waals surface area contributed by atoms with Gasteiger partial charge in [-0.05, 0) is 75.6 Å². The van der Waals surface area contributed by atoms with Crippen LogP contribution in [0.25, 0.3) is 0 Å². The molecule has 1 saturated carbocycles. The van der Waals surface area contributed by atoms with Crippen molar-refractivity contribution in [1.29, 1.82) is 0 Å². The number of amides is 2. The van der Waals surface area contributed by atoms with Gasteiger partial charge in [0.05, 0.1) is 5.56 Å². The largest absolute Gasteiger partial charge is 0.478 e. The van der Waals surface area contributed by atoms with E-state index < -0.39 is 11.6 Å². The Bertz CT molecular complexity index is 1090. The molecule has 1 aliphatic carbocycles. The Balaban J connectivity index is 1.29. The molecule has 0 bridgehead atoms. The number of ether oxygens (including phenoxy) is 1. The van der Waals surface area contributed by atoms with E-state index in [-0.39, 0.29) is 23.6 Å². The van der Waals surface area contributed by atoms with Gasteiger partial charge in [0, 0.05) is 38.0 Å². The second-order valence-corrected chi connectivity index (χ2v) is 11.3. The van der Waals surface area contributed by atoms with Crippen molar-refractivity contribution in [1.82, 2.24) is 9.80 Å². The van der Waals surface area contributed by atoms with Crippen molar-refractivity contribution >= 4 is 18.0 Å². The first-order valence-corrected chi connectivity index (χ1v) is 13.3. The first-order chi connectivity index (χ1) is 17.6. The normalized spacial score (nSPS) is 19.8. The van der Waals surface area contributed by atoms with Gasteiger partial charge in [-0.2, -0.15) is 0 Å². The standard InChI is InChI=1S/C30H38N2O5/c1-30(2,3)37-29(36)32(26-19-25(26)23-7-5-4-6-8-23)20-22-15-17-31(18-16-22)27(33)14-11-21-9-12-24(13-10-21)28(34)35/h4-10,12-13,22,25-26H,11,14-20H2,1-3H3,(H,34,35). The summed E-state index contributed by atoms with van der Waals surface area (Å²) in [6.45, 7) is 7.73. The molecule has 2 unspecified atom stereocenters. The van der Waals surface area contributed by atoms with Crippen LogP contribution in [0.1, 0.15) is 73.9 Å². The van der Waals surface area contributed by atoms with Gasteiger partial charge in [0.15, 0.2) is 0 Å².